The standard InChI is InChI=1S/C15H23N3O/c1-17(2)10-5-9-16-12-15(19)18-11-8-13-6-3-4-7-14(13)18/h3-4,6-7,16H,5,8-12H2,1-2H3. The summed E-state index contributed by atoms with van der Waals surface area (Å²) in [5, 5.41) is 3.23. The van der Waals surface area contributed by atoms with E-state index in [0.29, 0.717) is 6.54 Å². The molecule has 0 radical (unpaired) electrons. The molecule has 0 aromatic heterocycles. The Balaban J connectivity index is 1.76. The molecule has 1 heterocycles. The Morgan fingerprint density at radius 3 is 2.95 bits per heavy atom. The van der Waals surface area contributed by atoms with Crippen molar-refractivity contribution in [2.45, 2.75) is 12.8 Å². The van der Waals surface area contributed by atoms with E-state index in [0.717, 1.165) is 38.2 Å². The van der Waals surface area contributed by atoms with Gasteiger partial charge in [0.15, 0.2) is 0 Å². The van der Waals surface area contributed by atoms with E-state index in [4.69, 9.17) is 0 Å². The molecule has 1 aromatic rings. The number of nitrogens with zero attached hydrogens (tertiary/aromatic N) is 2. The molecule has 0 spiro atoms. The number of para-hydroxylation sites is 1. The van der Waals surface area contributed by atoms with Crippen LogP contribution in [0.3, 0.4) is 0 Å². The van der Waals surface area contributed by atoms with Crippen molar-refractivity contribution in [2.24, 2.45) is 0 Å². The monoisotopic (exact) mass is 261 g/mol. The molecule has 2 rings (SSSR count). The van der Waals surface area contributed by atoms with Gasteiger partial charge in [-0.15, -0.1) is 0 Å². The van der Waals surface area contributed by atoms with Crippen molar-refractivity contribution in [3.63, 3.8) is 0 Å². The molecule has 1 aromatic carbocycles. The van der Waals surface area contributed by atoms with Crippen LogP contribution in [0.15, 0.2) is 24.3 Å². The van der Waals surface area contributed by atoms with Crippen LogP contribution in [0.1, 0.15) is 12.0 Å². The molecule has 0 bridgehead atoms. The molecule has 1 amide bonds. The largest absolute Gasteiger partial charge is 0.311 e. The van der Waals surface area contributed by atoms with E-state index >= 15 is 0 Å². The molecular formula is C15H23N3O. The summed E-state index contributed by atoms with van der Waals surface area (Å²) in [6, 6.07) is 8.17. The summed E-state index contributed by atoms with van der Waals surface area (Å²) in [5.41, 5.74) is 2.37. The smallest absolute Gasteiger partial charge is 0.240 e. The zero-order chi connectivity index (χ0) is 13.7. The predicted molar refractivity (Wildman–Crippen MR) is 78.5 cm³/mol. The number of carbonyl (C=O) groups is 1. The SMILES string of the molecule is CN(C)CCCNCC(=O)N1CCc2ccccc21. The van der Waals surface area contributed by atoms with Gasteiger partial charge in [-0.2, -0.15) is 0 Å². The molecule has 1 N–H and O–H groups in total. The van der Waals surface area contributed by atoms with Gasteiger partial charge in [0.1, 0.15) is 0 Å². The van der Waals surface area contributed by atoms with E-state index in [9.17, 15) is 4.79 Å². The highest BCUT2D eigenvalue weighted by atomic mass is 16.2. The molecular weight excluding hydrogens is 238 g/mol. The van der Waals surface area contributed by atoms with E-state index in [-0.39, 0.29) is 5.91 Å². The van der Waals surface area contributed by atoms with Crippen molar-refractivity contribution in [3.8, 4) is 0 Å². The van der Waals surface area contributed by atoms with Gasteiger partial charge in [0, 0.05) is 12.2 Å². The van der Waals surface area contributed by atoms with Crippen LogP contribution in [0.4, 0.5) is 5.69 Å². The molecule has 1 aliphatic rings. The summed E-state index contributed by atoms with van der Waals surface area (Å²) in [7, 11) is 4.12. The second-order valence-corrected chi connectivity index (χ2v) is 5.26. The first kappa shape index (κ1) is 14.0. The van der Waals surface area contributed by atoms with Gasteiger partial charge in [0.05, 0.1) is 6.54 Å². The van der Waals surface area contributed by atoms with Crippen LogP contribution < -0.4 is 10.2 Å². The van der Waals surface area contributed by atoms with Gasteiger partial charge in [-0.1, -0.05) is 18.2 Å². The highest BCUT2D eigenvalue weighted by Gasteiger charge is 2.23. The quantitative estimate of drug-likeness (QED) is 0.779. The van der Waals surface area contributed by atoms with Crippen molar-refractivity contribution in [1.82, 2.24) is 10.2 Å². The van der Waals surface area contributed by atoms with Gasteiger partial charge in [0.25, 0.3) is 0 Å². The average molecular weight is 261 g/mol. The Morgan fingerprint density at radius 1 is 1.37 bits per heavy atom. The van der Waals surface area contributed by atoms with E-state index in [1.54, 1.807) is 0 Å². The molecule has 4 nitrogen and oxygen atoms in total. The summed E-state index contributed by atoms with van der Waals surface area (Å²) >= 11 is 0. The van der Waals surface area contributed by atoms with Crippen LogP contribution in [-0.2, 0) is 11.2 Å². The first-order valence-corrected chi connectivity index (χ1v) is 6.92. The second-order valence-electron chi connectivity index (χ2n) is 5.26. The lowest BCUT2D eigenvalue weighted by molar-refractivity contribution is -0.117. The number of carbonyl (C=O) groups excluding carboxylic acids is 1. The van der Waals surface area contributed by atoms with Crippen LogP contribution in [0.25, 0.3) is 0 Å². The Hall–Kier alpha value is -1.39. The minimum absolute atomic E-state index is 0.176. The van der Waals surface area contributed by atoms with Crippen LogP contribution >= 0.6 is 0 Å². The molecule has 0 unspecified atom stereocenters. The minimum Gasteiger partial charge on any atom is -0.311 e. The highest BCUT2D eigenvalue weighted by molar-refractivity contribution is 5.96. The van der Waals surface area contributed by atoms with Crippen LogP contribution in [0.5, 0.6) is 0 Å². The van der Waals surface area contributed by atoms with E-state index < -0.39 is 0 Å². The summed E-state index contributed by atoms with van der Waals surface area (Å²) in [6.45, 7) is 3.19. The Morgan fingerprint density at radius 2 is 2.16 bits per heavy atom. The third-order valence-corrected chi connectivity index (χ3v) is 3.42. The van der Waals surface area contributed by atoms with Gasteiger partial charge >= 0.3 is 0 Å². The molecule has 0 aliphatic carbocycles. The molecule has 0 saturated carbocycles. The number of benzene rings is 1. The fourth-order valence-electron chi connectivity index (χ4n) is 2.41. The zero-order valence-corrected chi connectivity index (χ0v) is 11.9. The average Bonchev–Trinajstić information content (AvgIpc) is 2.81. The summed E-state index contributed by atoms with van der Waals surface area (Å²) in [6.07, 6.45) is 2.04. The maximum Gasteiger partial charge on any atom is 0.240 e. The number of nitrogens with one attached hydrogen (secondary N) is 1. The van der Waals surface area contributed by atoms with Crippen molar-refractivity contribution in [2.75, 3.05) is 45.2 Å². The van der Waals surface area contributed by atoms with Gasteiger partial charge in [-0.25, -0.2) is 0 Å². The van der Waals surface area contributed by atoms with E-state index in [1.165, 1.54) is 5.56 Å². The number of hydrogen-bond acceptors (Lipinski definition) is 3. The molecule has 19 heavy (non-hydrogen) atoms. The Bertz CT molecular complexity index is 431. The van der Waals surface area contributed by atoms with Gasteiger partial charge in [0.2, 0.25) is 5.91 Å². The van der Waals surface area contributed by atoms with Crippen LogP contribution in [-0.4, -0.2) is 51.1 Å². The second kappa shape index (κ2) is 6.68. The predicted octanol–water partition coefficient (Wildman–Crippen LogP) is 1.12. The number of amides is 1. The van der Waals surface area contributed by atoms with E-state index in [1.807, 2.05) is 23.1 Å². The Kier molecular flexibility index (Phi) is 4.93. The Labute approximate surface area is 115 Å². The number of hydrogen-bond donors (Lipinski definition) is 1. The lowest BCUT2D eigenvalue weighted by Gasteiger charge is -2.17. The van der Waals surface area contributed by atoms with E-state index in [2.05, 4.69) is 30.4 Å². The van der Waals surface area contributed by atoms with Crippen LogP contribution in [0.2, 0.25) is 0 Å². The summed E-state index contributed by atoms with van der Waals surface area (Å²) in [4.78, 5) is 16.2. The van der Waals surface area contributed by atoms with Crippen molar-refractivity contribution >= 4 is 11.6 Å². The third-order valence-electron chi connectivity index (χ3n) is 3.42. The minimum atomic E-state index is 0.176. The fraction of sp³-hybridized carbons (Fsp3) is 0.533. The third kappa shape index (κ3) is 3.78. The van der Waals surface area contributed by atoms with Gasteiger partial charge < -0.3 is 15.1 Å². The number of anilines is 1. The number of rotatable bonds is 6. The topological polar surface area (TPSA) is 35.6 Å². The highest BCUT2D eigenvalue weighted by Crippen LogP contribution is 2.27. The van der Waals surface area contributed by atoms with Crippen molar-refractivity contribution < 1.29 is 4.79 Å². The zero-order valence-electron chi connectivity index (χ0n) is 11.9. The lowest BCUT2D eigenvalue weighted by atomic mass is 10.2. The first-order valence-electron chi connectivity index (χ1n) is 6.92. The molecule has 1 aliphatic heterocycles. The van der Waals surface area contributed by atoms with Crippen molar-refractivity contribution in [3.05, 3.63) is 29.8 Å². The van der Waals surface area contributed by atoms with Gasteiger partial charge in [-0.05, 0) is 51.7 Å². The summed E-state index contributed by atoms with van der Waals surface area (Å²) < 4.78 is 0. The molecule has 4 heteroatoms. The molecule has 0 atom stereocenters. The maximum absolute atomic E-state index is 12.2. The normalized spacial score (nSPS) is 13.9. The lowest BCUT2D eigenvalue weighted by Crippen LogP contribution is -2.37. The van der Waals surface area contributed by atoms with Crippen LogP contribution in [0, 0.1) is 0 Å². The van der Waals surface area contributed by atoms with Gasteiger partial charge in [-0.3, -0.25) is 4.79 Å². The summed E-state index contributed by atoms with van der Waals surface area (Å²) in [5.74, 6) is 0.176. The maximum atomic E-state index is 12.2. The molecule has 0 saturated heterocycles. The van der Waals surface area contributed by atoms with Crippen molar-refractivity contribution in [1.29, 1.82) is 0 Å². The molecule has 104 valence electrons. The fourth-order valence-corrected chi connectivity index (χ4v) is 2.41. The molecule has 0 fully saturated rings. The number of fused-ring (bicyclic) bond motifs is 1. The first-order chi connectivity index (χ1) is 9.18.